The quantitative estimate of drug-likeness (QED) is 0.577. The number of fused-ring (bicyclic) bond motifs is 1. The molecule has 34 heavy (non-hydrogen) atoms. The van der Waals surface area contributed by atoms with Gasteiger partial charge >= 0.3 is 0 Å². The van der Waals surface area contributed by atoms with Gasteiger partial charge in [0.15, 0.2) is 11.5 Å². The number of nitrogens with one attached hydrogen (secondary N) is 1. The molecule has 5 rings (SSSR count). The summed E-state index contributed by atoms with van der Waals surface area (Å²) in [6.45, 7) is 2.84. The maximum Gasteiger partial charge on any atom is 0.254 e. The first-order valence-corrected chi connectivity index (χ1v) is 11.4. The first-order chi connectivity index (χ1) is 16.4. The van der Waals surface area contributed by atoms with Crippen molar-refractivity contribution in [3.8, 4) is 11.3 Å². The van der Waals surface area contributed by atoms with E-state index in [1.807, 2.05) is 11.9 Å². The van der Waals surface area contributed by atoms with E-state index in [0.717, 1.165) is 25.7 Å². The molecule has 3 aromatic rings. The van der Waals surface area contributed by atoms with E-state index in [-0.39, 0.29) is 29.1 Å². The molecule has 0 aromatic carbocycles. The number of piperidine rings is 1. The summed E-state index contributed by atoms with van der Waals surface area (Å²) in [4.78, 5) is 37.4. The molecule has 2 aliphatic heterocycles. The van der Waals surface area contributed by atoms with Crippen LogP contribution in [0.3, 0.4) is 0 Å². The Morgan fingerprint density at radius 2 is 1.97 bits per heavy atom. The molecule has 1 atom stereocenters. The van der Waals surface area contributed by atoms with Crippen LogP contribution in [0.1, 0.15) is 29.6 Å². The number of rotatable bonds is 5. The smallest absolute Gasteiger partial charge is 0.254 e. The number of pyridine rings is 1. The van der Waals surface area contributed by atoms with Gasteiger partial charge in [-0.15, -0.1) is 0 Å². The maximum absolute atomic E-state index is 15.1. The first kappa shape index (κ1) is 22.2. The highest BCUT2D eigenvalue weighted by Crippen LogP contribution is 2.36. The molecule has 0 saturated carbocycles. The van der Waals surface area contributed by atoms with E-state index in [4.69, 9.17) is 5.73 Å². The lowest BCUT2D eigenvalue weighted by Gasteiger charge is -2.34. The number of carbonyl (C=O) groups is 2. The van der Waals surface area contributed by atoms with E-state index in [9.17, 15) is 9.59 Å². The number of likely N-dealkylation sites (N-methyl/N-ethyl adjacent to an activating group) is 1. The van der Waals surface area contributed by atoms with Gasteiger partial charge in [-0.25, -0.2) is 13.9 Å². The van der Waals surface area contributed by atoms with Crippen LogP contribution >= 0.6 is 0 Å². The fourth-order valence-electron chi connectivity index (χ4n) is 4.96. The highest BCUT2D eigenvalue weighted by atomic mass is 19.1. The SMILES string of the molecule is CN1CCC(NC(=O)C2CCN(c3c(F)cncc3-c3nn4cccnc4c3C(N)=O)CC2)C1. The standard InChI is InChI=1S/C23H27FN8O2/c1-30-8-5-15(13-30)28-23(34)14-3-9-31(10-4-14)20-16(11-26-12-17(20)24)19-18(21(25)33)22-27-6-2-7-32(22)29-19/h2,6-7,11-12,14-15H,3-5,8-10,13H2,1H3,(H2,25,33)(H,28,34). The van der Waals surface area contributed by atoms with Crippen molar-refractivity contribution in [3.63, 3.8) is 0 Å². The Labute approximate surface area is 195 Å². The van der Waals surface area contributed by atoms with Crippen molar-refractivity contribution in [1.29, 1.82) is 0 Å². The Kier molecular flexibility index (Phi) is 5.86. The number of anilines is 1. The highest BCUT2D eigenvalue weighted by molar-refractivity contribution is 6.05. The zero-order valence-corrected chi connectivity index (χ0v) is 18.9. The predicted molar refractivity (Wildman–Crippen MR) is 124 cm³/mol. The number of halogens is 1. The molecule has 5 heterocycles. The Morgan fingerprint density at radius 1 is 1.18 bits per heavy atom. The minimum atomic E-state index is -0.702. The molecular weight excluding hydrogens is 439 g/mol. The molecule has 3 aromatic heterocycles. The van der Waals surface area contributed by atoms with Crippen molar-refractivity contribution in [2.45, 2.75) is 25.3 Å². The molecule has 178 valence electrons. The Hall–Kier alpha value is -3.60. The van der Waals surface area contributed by atoms with Gasteiger partial charge in [0.25, 0.3) is 5.91 Å². The van der Waals surface area contributed by atoms with Gasteiger partial charge in [0.2, 0.25) is 5.91 Å². The zero-order chi connectivity index (χ0) is 23.8. The van der Waals surface area contributed by atoms with Crippen LogP contribution in [0.15, 0.2) is 30.9 Å². The number of primary amides is 1. The van der Waals surface area contributed by atoms with Gasteiger partial charge in [-0.2, -0.15) is 5.10 Å². The molecule has 2 fully saturated rings. The lowest BCUT2D eigenvalue weighted by molar-refractivity contribution is -0.126. The second kappa shape index (κ2) is 8.98. The molecule has 0 bridgehead atoms. The van der Waals surface area contributed by atoms with Gasteiger partial charge in [-0.05, 0) is 38.9 Å². The summed E-state index contributed by atoms with van der Waals surface area (Å²) in [6.07, 6.45) is 7.99. The minimum absolute atomic E-state index is 0.0674. The van der Waals surface area contributed by atoms with E-state index in [1.165, 1.54) is 16.9 Å². The number of carbonyl (C=O) groups excluding carboxylic acids is 2. The zero-order valence-electron chi connectivity index (χ0n) is 18.9. The van der Waals surface area contributed by atoms with Crippen LogP contribution < -0.4 is 16.0 Å². The summed E-state index contributed by atoms with van der Waals surface area (Å²) < 4.78 is 16.6. The van der Waals surface area contributed by atoms with Crippen LogP contribution in [0, 0.1) is 11.7 Å². The van der Waals surface area contributed by atoms with Gasteiger partial charge in [0.1, 0.15) is 11.3 Å². The van der Waals surface area contributed by atoms with Crippen LogP contribution in [0.2, 0.25) is 0 Å². The lowest BCUT2D eigenvalue weighted by Crippen LogP contribution is -2.44. The molecule has 2 saturated heterocycles. The van der Waals surface area contributed by atoms with Crippen molar-refractivity contribution in [2.24, 2.45) is 11.7 Å². The van der Waals surface area contributed by atoms with Crippen molar-refractivity contribution in [1.82, 2.24) is 29.8 Å². The minimum Gasteiger partial charge on any atom is -0.368 e. The Balaban J connectivity index is 1.40. The van der Waals surface area contributed by atoms with E-state index < -0.39 is 11.7 Å². The van der Waals surface area contributed by atoms with Crippen molar-refractivity contribution in [2.75, 3.05) is 38.1 Å². The number of amides is 2. The summed E-state index contributed by atoms with van der Waals surface area (Å²) in [5.41, 5.74) is 6.97. The number of likely N-dealkylation sites (tertiary alicyclic amines) is 1. The molecular formula is C23H27FN8O2. The fourth-order valence-corrected chi connectivity index (χ4v) is 4.96. The second-order valence-corrected chi connectivity index (χ2v) is 9.01. The maximum atomic E-state index is 15.1. The number of nitrogens with zero attached hydrogens (tertiary/aromatic N) is 6. The summed E-state index contributed by atoms with van der Waals surface area (Å²) in [6, 6.07) is 1.87. The molecule has 2 aliphatic rings. The van der Waals surface area contributed by atoms with Crippen LogP contribution in [-0.2, 0) is 4.79 Å². The summed E-state index contributed by atoms with van der Waals surface area (Å²) in [5, 5.41) is 7.62. The molecule has 11 heteroatoms. The van der Waals surface area contributed by atoms with Gasteiger partial charge < -0.3 is 20.9 Å². The molecule has 0 spiro atoms. The molecule has 0 aliphatic carbocycles. The molecule has 3 N–H and O–H groups in total. The van der Waals surface area contributed by atoms with Crippen LogP contribution in [0.4, 0.5) is 10.1 Å². The van der Waals surface area contributed by atoms with E-state index in [0.29, 0.717) is 42.8 Å². The first-order valence-electron chi connectivity index (χ1n) is 11.4. The number of aromatic nitrogens is 4. The highest BCUT2D eigenvalue weighted by Gasteiger charge is 2.32. The monoisotopic (exact) mass is 466 g/mol. The molecule has 0 radical (unpaired) electrons. The van der Waals surface area contributed by atoms with Crippen LogP contribution in [0.5, 0.6) is 0 Å². The van der Waals surface area contributed by atoms with Gasteiger partial charge in [0, 0.05) is 55.7 Å². The number of hydrogen-bond donors (Lipinski definition) is 2. The molecule has 2 amide bonds. The third kappa shape index (κ3) is 4.07. The summed E-state index contributed by atoms with van der Waals surface area (Å²) in [7, 11) is 2.05. The number of nitrogens with two attached hydrogens (primary N) is 1. The average molecular weight is 467 g/mol. The van der Waals surface area contributed by atoms with Gasteiger partial charge in [0.05, 0.1) is 11.9 Å². The summed E-state index contributed by atoms with van der Waals surface area (Å²) >= 11 is 0. The van der Waals surface area contributed by atoms with E-state index in [2.05, 4.69) is 25.3 Å². The predicted octanol–water partition coefficient (Wildman–Crippen LogP) is 1.07. The summed E-state index contributed by atoms with van der Waals surface area (Å²) in [5.74, 6) is -1.27. The third-order valence-corrected chi connectivity index (χ3v) is 6.69. The molecule has 10 nitrogen and oxygen atoms in total. The third-order valence-electron chi connectivity index (χ3n) is 6.69. The Morgan fingerprint density at radius 3 is 2.68 bits per heavy atom. The molecule has 1 unspecified atom stereocenters. The Bertz CT molecular complexity index is 1240. The van der Waals surface area contributed by atoms with Gasteiger partial charge in [-0.1, -0.05) is 0 Å². The average Bonchev–Trinajstić information content (AvgIpc) is 3.42. The van der Waals surface area contributed by atoms with Crippen molar-refractivity contribution >= 4 is 23.1 Å². The largest absolute Gasteiger partial charge is 0.368 e. The number of hydrogen-bond acceptors (Lipinski definition) is 7. The van der Waals surface area contributed by atoms with E-state index >= 15 is 4.39 Å². The van der Waals surface area contributed by atoms with Crippen LogP contribution in [-0.4, -0.2) is 75.6 Å². The van der Waals surface area contributed by atoms with Gasteiger partial charge in [-0.3, -0.25) is 14.6 Å². The normalized spacial score (nSPS) is 19.6. The van der Waals surface area contributed by atoms with Crippen molar-refractivity contribution < 1.29 is 14.0 Å². The fraction of sp³-hybridized carbons (Fsp3) is 0.435. The topological polar surface area (TPSA) is 122 Å². The van der Waals surface area contributed by atoms with Crippen molar-refractivity contribution in [3.05, 3.63) is 42.2 Å². The lowest BCUT2D eigenvalue weighted by atomic mass is 9.94. The van der Waals surface area contributed by atoms with Crippen LogP contribution in [0.25, 0.3) is 16.9 Å². The van der Waals surface area contributed by atoms with E-state index in [1.54, 1.807) is 12.3 Å². The second-order valence-electron chi connectivity index (χ2n) is 9.01.